The van der Waals surface area contributed by atoms with E-state index in [4.69, 9.17) is 9.47 Å². The van der Waals surface area contributed by atoms with Gasteiger partial charge in [-0.1, -0.05) is 0 Å². The maximum absolute atomic E-state index is 11.3. The molecule has 1 saturated heterocycles. The van der Waals surface area contributed by atoms with Gasteiger partial charge in [-0.2, -0.15) is 0 Å². The van der Waals surface area contributed by atoms with Gasteiger partial charge in [0, 0.05) is 39.4 Å². The van der Waals surface area contributed by atoms with Gasteiger partial charge in [-0.05, 0) is 39.5 Å². The van der Waals surface area contributed by atoms with Gasteiger partial charge >= 0.3 is 0 Å². The third-order valence-corrected chi connectivity index (χ3v) is 5.14. The van der Waals surface area contributed by atoms with Crippen LogP contribution >= 0.6 is 24.0 Å². The van der Waals surface area contributed by atoms with Crippen molar-refractivity contribution in [3.05, 3.63) is 0 Å². The fraction of sp³-hybridized carbons (Fsp3) is 0.938. The van der Waals surface area contributed by atoms with E-state index in [1.165, 1.54) is 0 Å². The Labute approximate surface area is 175 Å². The molecule has 1 aliphatic rings. The summed E-state index contributed by atoms with van der Waals surface area (Å²) in [5.74, 6) is 0.861. The van der Waals surface area contributed by atoms with Crippen LogP contribution in [0.4, 0.5) is 0 Å². The maximum Gasteiger partial charge on any atom is 0.211 e. The van der Waals surface area contributed by atoms with Crippen molar-refractivity contribution in [2.24, 2.45) is 4.99 Å². The lowest BCUT2D eigenvalue weighted by Gasteiger charge is -2.12. The third-order valence-electron chi connectivity index (χ3n) is 3.74. The first kappa shape index (κ1) is 25.8. The van der Waals surface area contributed by atoms with Crippen molar-refractivity contribution in [3.8, 4) is 0 Å². The Bertz CT molecular complexity index is 471. The van der Waals surface area contributed by atoms with Gasteiger partial charge in [0.05, 0.1) is 18.5 Å². The second kappa shape index (κ2) is 15.8. The Morgan fingerprint density at radius 2 is 2.04 bits per heavy atom. The van der Waals surface area contributed by atoms with Crippen molar-refractivity contribution >= 4 is 40.0 Å². The summed E-state index contributed by atoms with van der Waals surface area (Å²) >= 11 is 0. The van der Waals surface area contributed by atoms with Gasteiger partial charge in [-0.15, -0.1) is 24.0 Å². The Morgan fingerprint density at radius 1 is 1.23 bits per heavy atom. The summed E-state index contributed by atoms with van der Waals surface area (Å²) in [6.45, 7) is 8.41. The highest BCUT2D eigenvalue weighted by atomic mass is 127. The Kier molecular flexibility index (Phi) is 15.7. The number of hydrogen-bond donors (Lipinski definition) is 3. The molecule has 0 aromatic carbocycles. The van der Waals surface area contributed by atoms with Gasteiger partial charge in [-0.25, -0.2) is 13.1 Å². The molecule has 0 aromatic rings. The minimum Gasteiger partial charge on any atom is -0.379 e. The van der Waals surface area contributed by atoms with E-state index in [1.807, 2.05) is 6.92 Å². The number of nitrogens with one attached hydrogen (secondary N) is 3. The van der Waals surface area contributed by atoms with Crippen LogP contribution in [0.25, 0.3) is 0 Å². The fourth-order valence-corrected chi connectivity index (χ4v) is 2.97. The highest BCUT2D eigenvalue weighted by molar-refractivity contribution is 14.0. The molecule has 0 amide bonds. The van der Waals surface area contributed by atoms with Crippen LogP contribution in [0.1, 0.15) is 39.5 Å². The van der Waals surface area contributed by atoms with Crippen LogP contribution in [0.15, 0.2) is 4.99 Å². The molecule has 1 rings (SSSR count). The highest BCUT2D eigenvalue weighted by Crippen LogP contribution is 2.11. The predicted octanol–water partition coefficient (Wildman–Crippen LogP) is 1.07. The average Bonchev–Trinajstić information content (AvgIpc) is 3.10. The number of hydrogen-bond acceptors (Lipinski definition) is 5. The zero-order chi connectivity index (χ0) is 18.4. The molecule has 8 nitrogen and oxygen atoms in total. The molecule has 156 valence electrons. The molecule has 1 unspecified atom stereocenters. The van der Waals surface area contributed by atoms with Crippen LogP contribution in [0, 0.1) is 0 Å². The standard InChI is InChI=1S/C16H34N4O4S.HI/c1-3-17-16(18-9-6-11-20-25(21,22)4-2)19-10-7-12-23-14-15-8-5-13-24-15;/h15,20H,3-14H2,1-2H3,(H2,17,18,19);1H. The monoisotopic (exact) mass is 506 g/mol. The van der Waals surface area contributed by atoms with Crippen molar-refractivity contribution in [1.82, 2.24) is 15.4 Å². The summed E-state index contributed by atoms with van der Waals surface area (Å²) in [6.07, 6.45) is 4.07. The molecule has 0 aliphatic carbocycles. The SMILES string of the molecule is CCNC(=NCCCOCC1CCCO1)NCCCNS(=O)(=O)CC.I. The normalized spacial score (nSPS) is 17.8. The van der Waals surface area contributed by atoms with Crippen LogP contribution in [-0.4, -0.2) is 72.2 Å². The van der Waals surface area contributed by atoms with Crippen LogP contribution < -0.4 is 15.4 Å². The van der Waals surface area contributed by atoms with Gasteiger partial charge in [0.15, 0.2) is 5.96 Å². The molecule has 1 heterocycles. The summed E-state index contributed by atoms with van der Waals surface area (Å²) < 4.78 is 36.3. The minimum atomic E-state index is -3.11. The van der Waals surface area contributed by atoms with E-state index in [2.05, 4.69) is 20.3 Å². The molecular formula is C16H35IN4O4S. The summed E-state index contributed by atoms with van der Waals surface area (Å²) in [7, 11) is -3.11. The molecule has 0 radical (unpaired) electrons. The van der Waals surface area contributed by atoms with E-state index in [0.717, 1.165) is 38.4 Å². The largest absolute Gasteiger partial charge is 0.379 e. The number of ether oxygens (including phenoxy) is 2. The fourth-order valence-electron chi connectivity index (χ4n) is 2.31. The van der Waals surface area contributed by atoms with E-state index in [-0.39, 0.29) is 35.8 Å². The number of guanidine groups is 1. The third kappa shape index (κ3) is 13.1. The zero-order valence-electron chi connectivity index (χ0n) is 16.0. The zero-order valence-corrected chi connectivity index (χ0v) is 19.1. The first-order valence-electron chi connectivity index (χ1n) is 9.26. The number of rotatable bonds is 13. The second-order valence-corrected chi connectivity index (χ2v) is 8.00. The molecule has 10 heteroatoms. The van der Waals surface area contributed by atoms with Crippen molar-refractivity contribution in [3.63, 3.8) is 0 Å². The van der Waals surface area contributed by atoms with Gasteiger partial charge in [-0.3, -0.25) is 4.99 Å². The molecule has 1 fully saturated rings. The lowest BCUT2D eigenvalue weighted by atomic mass is 10.2. The van der Waals surface area contributed by atoms with E-state index < -0.39 is 10.0 Å². The van der Waals surface area contributed by atoms with Crippen LogP contribution in [0.3, 0.4) is 0 Å². The lowest BCUT2D eigenvalue weighted by Crippen LogP contribution is -2.39. The predicted molar refractivity (Wildman–Crippen MR) is 116 cm³/mol. The number of nitrogens with zero attached hydrogens (tertiary/aromatic N) is 1. The Hall–Kier alpha value is -0.170. The van der Waals surface area contributed by atoms with Gasteiger partial charge in [0.1, 0.15) is 0 Å². The first-order chi connectivity index (χ1) is 12.1. The van der Waals surface area contributed by atoms with Crippen LogP contribution in [0.2, 0.25) is 0 Å². The topological polar surface area (TPSA) is 101 Å². The summed E-state index contributed by atoms with van der Waals surface area (Å²) in [5.41, 5.74) is 0. The summed E-state index contributed by atoms with van der Waals surface area (Å²) in [6, 6.07) is 0. The lowest BCUT2D eigenvalue weighted by molar-refractivity contribution is 0.0171. The highest BCUT2D eigenvalue weighted by Gasteiger charge is 2.14. The van der Waals surface area contributed by atoms with Crippen molar-refractivity contribution < 1.29 is 17.9 Å². The quantitative estimate of drug-likeness (QED) is 0.150. The summed E-state index contributed by atoms with van der Waals surface area (Å²) in [5, 5.41) is 6.38. The molecule has 1 aliphatic heterocycles. The molecular weight excluding hydrogens is 471 g/mol. The van der Waals surface area contributed by atoms with E-state index in [1.54, 1.807) is 6.92 Å². The molecule has 26 heavy (non-hydrogen) atoms. The molecule has 0 bridgehead atoms. The molecule has 0 aromatic heterocycles. The van der Waals surface area contributed by atoms with Gasteiger partial charge < -0.3 is 20.1 Å². The van der Waals surface area contributed by atoms with E-state index in [9.17, 15) is 8.42 Å². The van der Waals surface area contributed by atoms with Crippen molar-refractivity contribution in [1.29, 1.82) is 0 Å². The maximum atomic E-state index is 11.3. The number of sulfonamides is 1. The van der Waals surface area contributed by atoms with E-state index >= 15 is 0 Å². The molecule has 3 N–H and O–H groups in total. The molecule has 1 atom stereocenters. The molecule has 0 saturated carbocycles. The van der Waals surface area contributed by atoms with Crippen molar-refractivity contribution in [2.45, 2.75) is 45.6 Å². The smallest absolute Gasteiger partial charge is 0.211 e. The van der Waals surface area contributed by atoms with Gasteiger partial charge in [0.2, 0.25) is 10.0 Å². The van der Waals surface area contributed by atoms with Crippen LogP contribution in [0.5, 0.6) is 0 Å². The van der Waals surface area contributed by atoms with Crippen LogP contribution in [-0.2, 0) is 19.5 Å². The van der Waals surface area contributed by atoms with Crippen molar-refractivity contribution in [2.75, 3.05) is 51.8 Å². The first-order valence-corrected chi connectivity index (χ1v) is 10.9. The Balaban J connectivity index is 0.00000625. The minimum absolute atomic E-state index is 0. The number of halogens is 1. The average molecular weight is 506 g/mol. The second-order valence-electron chi connectivity index (χ2n) is 5.90. The number of aliphatic imine (C=N–C) groups is 1. The van der Waals surface area contributed by atoms with E-state index in [0.29, 0.717) is 39.3 Å². The van der Waals surface area contributed by atoms with Gasteiger partial charge in [0.25, 0.3) is 0 Å². The molecule has 0 spiro atoms. The Morgan fingerprint density at radius 3 is 2.69 bits per heavy atom. The summed E-state index contributed by atoms with van der Waals surface area (Å²) in [4.78, 5) is 4.49.